The molecule has 1 aromatic carbocycles. The largest absolute Gasteiger partial charge is 0.508 e. The van der Waals surface area contributed by atoms with E-state index in [0.717, 1.165) is 5.56 Å². The molecule has 0 aliphatic rings. The average Bonchev–Trinajstić information content (AvgIpc) is 2.50. The predicted octanol–water partition coefficient (Wildman–Crippen LogP) is 1.64. The molecule has 0 bridgehead atoms. The van der Waals surface area contributed by atoms with Crippen molar-refractivity contribution in [2.75, 3.05) is 5.32 Å². The van der Waals surface area contributed by atoms with Gasteiger partial charge in [-0.1, -0.05) is 12.1 Å². The third kappa shape index (κ3) is 4.99. The number of aromatic hydroxyl groups is 1. The Morgan fingerprint density at radius 1 is 1.22 bits per heavy atom. The predicted molar refractivity (Wildman–Crippen MR) is 86.2 cm³/mol. The molecule has 0 aliphatic heterocycles. The highest BCUT2D eigenvalue weighted by Crippen LogP contribution is 2.11. The number of phenols is 1. The van der Waals surface area contributed by atoms with Crippen molar-refractivity contribution in [2.24, 2.45) is 5.73 Å². The summed E-state index contributed by atoms with van der Waals surface area (Å²) in [6.45, 7) is 1.88. The lowest BCUT2D eigenvalue weighted by atomic mass is 10.1. The van der Waals surface area contributed by atoms with Crippen LogP contribution in [0.5, 0.6) is 5.75 Å². The highest BCUT2D eigenvalue weighted by atomic mass is 16.3. The van der Waals surface area contributed by atoms with Crippen LogP contribution in [0.25, 0.3) is 0 Å². The summed E-state index contributed by atoms with van der Waals surface area (Å²) in [4.78, 5) is 26.7. The lowest BCUT2D eigenvalue weighted by Crippen LogP contribution is -2.37. The Labute approximate surface area is 133 Å². The van der Waals surface area contributed by atoms with Crippen LogP contribution in [0.15, 0.2) is 42.6 Å². The van der Waals surface area contributed by atoms with E-state index in [-0.39, 0.29) is 23.5 Å². The van der Waals surface area contributed by atoms with Gasteiger partial charge >= 0.3 is 6.03 Å². The van der Waals surface area contributed by atoms with Crippen LogP contribution < -0.4 is 16.4 Å². The summed E-state index contributed by atoms with van der Waals surface area (Å²) >= 11 is 0. The number of primary amides is 1. The molecule has 23 heavy (non-hydrogen) atoms. The molecule has 0 fully saturated rings. The Morgan fingerprint density at radius 2 is 1.91 bits per heavy atom. The summed E-state index contributed by atoms with van der Waals surface area (Å²) in [6.07, 6.45) is 2.00. The number of pyridine rings is 1. The number of hydrogen-bond donors (Lipinski definition) is 4. The highest BCUT2D eigenvalue weighted by molar-refractivity contribution is 5.92. The number of amides is 3. The number of urea groups is 1. The first kappa shape index (κ1) is 16.3. The molecule has 2 aromatic rings. The van der Waals surface area contributed by atoms with Crippen molar-refractivity contribution in [3.8, 4) is 5.75 Å². The fraction of sp³-hybridized carbons (Fsp3) is 0.188. The quantitative estimate of drug-likeness (QED) is 0.671. The number of anilines is 1. The number of nitrogens with two attached hydrogens (primary N) is 1. The van der Waals surface area contributed by atoms with Crippen LogP contribution in [-0.4, -0.2) is 28.1 Å². The van der Waals surface area contributed by atoms with Crippen LogP contribution in [0.4, 0.5) is 10.5 Å². The van der Waals surface area contributed by atoms with Crippen LogP contribution in [0.1, 0.15) is 23.0 Å². The molecule has 7 nitrogen and oxygen atoms in total. The summed E-state index contributed by atoms with van der Waals surface area (Å²) in [6, 6.07) is 9.34. The van der Waals surface area contributed by atoms with E-state index in [1.54, 1.807) is 30.3 Å². The van der Waals surface area contributed by atoms with Gasteiger partial charge in [-0.2, -0.15) is 0 Å². The van der Waals surface area contributed by atoms with Crippen molar-refractivity contribution in [1.29, 1.82) is 0 Å². The van der Waals surface area contributed by atoms with Crippen molar-refractivity contribution in [2.45, 2.75) is 19.4 Å². The minimum absolute atomic E-state index is 0.0996. The summed E-state index contributed by atoms with van der Waals surface area (Å²) in [5.41, 5.74) is 6.70. The van der Waals surface area contributed by atoms with Crippen molar-refractivity contribution in [3.63, 3.8) is 0 Å². The van der Waals surface area contributed by atoms with Crippen molar-refractivity contribution in [3.05, 3.63) is 53.9 Å². The molecule has 0 saturated carbocycles. The van der Waals surface area contributed by atoms with Gasteiger partial charge in [-0.05, 0) is 43.2 Å². The lowest BCUT2D eigenvalue weighted by molar-refractivity contribution is 0.0995. The molecular formula is C16H18N4O3. The summed E-state index contributed by atoms with van der Waals surface area (Å²) < 4.78 is 0. The Balaban J connectivity index is 1.86. The molecule has 0 radical (unpaired) electrons. The fourth-order valence-corrected chi connectivity index (χ4v) is 2.04. The molecule has 7 heteroatoms. The topological polar surface area (TPSA) is 117 Å². The van der Waals surface area contributed by atoms with Gasteiger partial charge in [0.1, 0.15) is 11.4 Å². The monoisotopic (exact) mass is 314 g/mol. The summed E-state index contributed by atoms with van der Waals surface area (Å²) in [5, 5.41) is 14.7. The molecule has 1 atom stereocenters. The molecule has 0 spiro atoms. The smallest absolute Gasteiger partial charge is 0.319 e. The molecule has 3 amide bonds. The highest BCUT2D eigenvalue weighted by Gasteiger charge is 2.09. The van der Waals surface area contributed by atoms with E-state index in [4.69, 9.17) is 5.73 Å². The van der Waals surface area contributed by atoms with E-state index in [1.165, 1.54) is 12.3 Å². The first-order chi connectivity index (χ1) is 10.9. The van der Waals surface area contributed by atoms with E-state index in [0.29, 0.717) is 12.1 Å². The molecule has 0 saturated heterocycles. The van der Waals surface area contributed by atoms with Gasteiger partial charge in [-0.3, -0.25) is 4.79 Å². The molecule has 0 aliphatic carbocycles. The zero-order chi connectivity index (χ0) is 16.8. The fourth-order valence-electron chi connectivity index (χ4n) is 2.04. The molecule has 5 N–H and O–H groups in total. The minimum Gasteiger partial charge on any atom is -0.508 e. The van der Waals surface area contributed by atoms with Crippen LogP contribution in [-0.2, 0) is 6.42 Å². The second-order valence-electron chi connectivity index (χ2n) is 5.17. The number of carbonyl (C=O) groups is 2. The summed E-state index contributed by atoms with van der Waals surface area (Å²) in [5.74, 6) is -0.414. The van der Waals surface area contributed by atoms with E-state index < -0.39 is 5.91 Å². The number of aromatic nitrogens is 1. The number of hydrogen-bond acceptors (Lipinski definition) is 4. The van der Waals surface area contributed by atoms with E-state index in [2.05, 4.69) is 15.6 Å². The number of rotatable bonds is 5. The Morgan fingerprint density at radius 3 is 2.48 bits per heavy atom. The first-order valence-corrected chi connectivity index (χ1v) is 7.05. The van der Waals surface area contributed by atoms with Crippen LogP contribution in [0.2, 0.25) is 0 Å². The van der Waals surface area contributed by atoms with Crippen molar-refractivity contribution >= 4 is 17.6 Å². The second-order valence-corrected chi connectivity index (χ2v) is 5.17. The van der Waals surface area contributed by atoms with Crippen molar-refractivity contribution < 1.29 is 14.7 Å². The number of carbonyl (C=O) groups excluding carboxylic acids is 2. The molecule has 1 aromatic heterocycles. The SMILES string of the molecule is C[C@H](Cc1ccc(O)cc1)NC(=O)Nc1ccc(C(N)=O)nc1. The molecule has 120 valence electrons. The van der Waals surface area contributed by atoms with Gasteiger partial charge in [0.2, 0.25) is 0 Å². The zero-order valence-electron chi connectivity index (χ0n) is 12.6. The van der Waals surface area contributed by atoms with Crippen LogP contribution in [0, 0.1) is 0 Å². The number of nitrogens with zero attached hydrogens (tertiary/aromatic N) is 1. The Bertz CT molecular complexity index is 683. The summed E-state index contributed by atoms with van der Waals surface area (Å²) in [7, 11) is 0. The van der Waals surface area contributed by atoms with E-state index >= 15 is 0 Å². The van der Waals surface area contributed by atoms with Gasteiger partial charge in [-0.15, -0.1) is 0 Å². The van der Waals surface area contributed by atoms with Gasteiger partial charge in [0.05, 0.1) is 11.9 Å². The third-order valence-electron chi connectivity index (χ3n) is 3.13. The first-order valence-electron chi connectivity index (χ1n) is 7.05. The maximum absolute atomic E-state index is 11.9. The molecule has 1 heterocycles. The minimum atomic E-state index is -0.622. The van der Waals surface area contributed by atoms with Gasteiger partial charge in [0.25, 0.3) is 5.91 Å². The Kier molecular flexibility index (Phi) is 5.14. The van der Waals surface area contributed by atoms with Gasteiger partial charge in [-0.25, -0.2) is 9.78 Å². The lowest BCUT2D eigenvalue weighted by Gasteiger charge is -2.15. The maximum atomic E-state index is 11.9. The van der Waals surface area contributed by atoms with Crippen LogP contribution >= 0.6 is 0 Å². The number of benzene rings is 1. The number of nitrogens with one attached hydrogen (secondary N) is 2. The molecule has 0 unspecified atom stereocenters. The average molecular weight is 314 g/mol. The number of phenolic OH excluding ortho intramolecular Hbond substituents is 1. The van der Waals surface area contributed by atoms with Gasteiger partial charge in [0.15, 0.2) is 0 Å². The van der Waals surface area contributed by atoms with Gasteiger partial charge < -0.3 is 21.5 Å². The standard InChI is InChI=1S/C16H18N4O3/c1-10(8-11-2-5-13(21)6-3-11)19-16(23)20-12-4-7-14(15(17)22)18-9-12/h2-7,9-10,21H,8H2,1H3,(H2,17,22)(H2,19,20,23)/t10-/m1/s1. The van der Waals surface area contributed by atoms with E-state index in [9.17, 15) is 14.7 Å². The Hall–Kier alpha value is -3.09. The van der Waals surface area contributed by atoms with E-state index in [1.807, 2.05) is 6.92 Å². The van der Waals surface area contributed by atoms with Gasteiger partial charge in [0, 0.05) is 6.04 Å². The van der Waals surface area contributed by atoms with Crippen LogP contribution in [0.3, 0.4) is 0 Å². The third-order valence-corrected chi connectivity index (χ3v) is 3.13. The zero-order valence-corrected chi connectivity index (χ0v) is 12.6. The molecule has 2 rings (SSSR count). The second kappa shape index (κ2) is 7.26. The molecular weight excluding hydrogens is 296 g/mol. The van der Waals surface area contributed by atoms with Crippen molar-refractivity contribution in [1.82, 2.24) is 10.3 Å². The normalized spacial score (nSPS) is 11.5. The maximum Gasteiger partial charge on any atom is 0.319 e.